The number of carbonyl (C=O) groups is 1. The lowest BCUT2D eigenvalue weighted by Gasteiger charge is -2.00. The van der Waals surface area contributed by atoms with Gasteiger partial charge in [-0.05, 0) is 17.1 Å². The number of carboxylic acid groups (broad SMARTS) is 1. The predicted octanol–water partition coefficient (Wildman–Crippen LogP) is 2.95. The number of nitriles is 1. The quantitative estimate of drug-likeness (QED) is 0.827. The first-order chi connectivity index (χ1) is 8.48. The second-order valence-corrected chi connectivity index (χ2v) is 5.24. The van der Waals surface area contributed by atoms with Crippen LogP contribution >= 0.6 is 0 Å². The maximum absolute atomic E-state index is 11.1. The van der Waals surface area contributed by atoms with Gasteiger partial charge in [0.2, 0.25) is 0 Å². The van der Waals surface area contributed by atoms with Crippen LogP contribution in [0.25, 0.3) is 6.08 Å². The zero-order valence-electron chi connectivity index (χ0n) is 10.4. The third-order valence-electron chi connectivity index (χ3n) is 3.68. The van der Waals surface area contributed by atoms with Gasteiger partial charge >= 0.3 is 5.97 Å². The number of carboxylic acids is 1. The van der Waals surface area contributed by atoms with Crippen molar-refractivity contribution in [3.8, 4) is 6.07 Å². The molecule has 0 heterocycles. The number of hydrogen-bond donors (Lipinski definition) is 1. The first kappa shape index (κ1) is 12.4. The topological polar surface area (TPSA) is 61.1 Å². The van der Waals surface area contributed by atoms with Gasteiger partial charge in [0.25, 0.3) is 0 Å². The summed E-state index contributed by atoms with van der Waals surface area (Å²) in [6.07, 6.45) is 1.79. The average molecular weight is 241 g/mol. The molecule has 0 aliphatic heterocycles. The molecular weight excluding hydrogens is 226 g/mol. The molecule has 3 heteroatoms. The van der Waals surface area contributed by atoms with E-state index in [-0.39, 0.29) is 11.3 Å². The van der Waals surface area contributed by atoms with Crippen LogP contribution in [0, 0.1) is 28.6 Å². The minimum atomic E-state index is -0.820. The summed E-state index contributed by atoms with van der Waals surface area (Å²) in [6.45, 7) is 3.79. The molecule has 0 radical (unpaired) electrons. The fraction of sp³-hybridized carbons (Fsp3) is 0.333. The SMILES string of the molecule is CC1(C)C(C(=O)O)C1/C(C#N)=C\c1ccccc1. The molecule has 2 atom stereocenters. The lowest BCUT2D eigenvalue weighted by atomic mass is 10.0. The molecule has 2 rings (SSSR count). The molecule has 1 N–H and O–H groups in total. The second-order valence-electron chi connectivity index (χ2n) is 5.24. The zero-order valence-corrected chi connectivity index (χ0v) is 10.4. The van der Waals surface area contributed by atoms with Gasteiger partial charge in [0.15, 0.2) is 0 Å². The van der Waals surface area contributed by atoms with Gasteiger partial charge in [0.1, 0.15) is 0 Å². The van der Waals surface area contributed by atoms with Gasteiger partial charge in [-0.1, -0.05) is 44.2 Å². The highest BCUT2D eigenvalue weighted by atomic mass is 16.4. The van der Waals surface area contributed by atoms with E-state index in [2.05, 4.69) is 6.07 Å². The summed E-state index contributed by atoms with van der Waals surface area (Å²) in [5.41, 5.74) is 1.15. The lowest BCUT2D eigenvalue weighted by molar-refractivity contribution is -0.139. The molecule has 1 fully saturated rings. The molecule has 1 aliphatic rings. The van der Waals surface area contributed by atoms with E-state index in [1.807, 2.05) is 44.2 Å². The van der Waals surface area contributed by atoms with Crippen LogP contribution in [0.2, 0.25) is 0 Å². The number of allylic oxidation sites excluding steroid dienone is 1. The van der Waals surface area contributed by atoms with E-state index >= 15 is 0 Å². The molecule has 3 nitrogen and oxygen atoms in total. The monoisotopic (exact) mass is 241 g/mol. The molecule has 92 valence electrons. The molecular formula is C15H15NO2. The summed E-state index contributed by atoms with van der Waals surface area (Å²) in [6, 6.07) is 11.7. The molecule has 1 aromatic carbocycles. The Labute approximate surface area is 106 Å². The van der Waals surface area contributed by atoms with Crippen LogP contribution in [0.4, 0.5) is 0 Å². The number of aliphatic carboxylic acids is 1. The third kappa shape index (κ3) is 2.02. The van der Waals surface area contributed by atoms with Crippen molar-refractivity contribution in [3.05, 3.63) is 41.5 Å². The molecule has 1 saturated carbocycles. The Morgan fingerprint density at radius 1 is 1.33 bits per heavy atom. The summed E-state index contributed by atoms with van der Waals surface area (Å²) < 4.78 is 0. The summed E-state index contributed by atoms with van der Waals surface area (Å²) >= 11 is 0. The smallest absolute Gasteiger partial charge is 0.307 e. The van der Waals surface area contributed by atoms with Gasteiger partial charge in [-0.25, -0.2) is 0 Å². The van der Waals surface area contributed by atoms with Crippen LogP contribution in [-0.2, 0) is 4.79 Å². The van der Waals surface area contributed by atoms with Gasteiger partial charge in [-0.2, -0.15) is 5.26 Å². The highest BCUT2D eigenvalue weighted by Crippen LogP contribution is 2.61. The largest absolute Gasteiger partial charge is 0.481 e. The fourth-order valence-electron chi connectivity index (χ4n) is 2.60. The Morgan fingerprint density at radius 2 is 1.94 bits per heavy atom. The molecule has 2 unspecified atom stereocenters. The van der Waals surface area contributed by atoms with Crippen molar-refractivity contribution >= 4 is 12.0 Å². The molecule has 1 aromatic rings. The maximum atomic E-state index is 11.1. The van der Waals surface area contributed by atoms with Crippen molar-refractivity contribution in [1.82, 2.24) is 0 Å². The van der Waals surface area contributed by atoms with E-state index in [0.717, 1.165) is 5.56 Å². The number of hydrogen-bond acceptors (Lipinski definition) is 2. The molecule has 0 spiro atoms. The standard InChI is InChI=1S/C15H15NO2/c1-15(2)12(13(15)14(17)18)11(9-16)8-10-6-4-3-5-7-10/h3-8,12-13H,1-2H3,(H,17,18)/b11-8-. The summed E-state index contributed by atoms with van der Waals surface area (Å²) in [5, 5.41) is 18.4. The molecule has 0 saturated heterocycles. The Kier molecular flexibility index (Phi) is 2.96. The van der Waals surface area contributed by atoms with Crippen LogP contribution in [0.15, 0.2) is 35.9 Å². The van der Waals surface area contributed by atoms with Crippen LogP contribution in [0.1, 0.15) is 19.4 Å². The van der Waals surface area contributed by atoms with Crippen molar-refractivity contribution < 1.29 is 9.90 Å². The highest BCUT2D eigenvalue weighted by Gasteiger charge is 2.63. The second kappa shape index (κ2) is 4.30. The summed E-state index contributed by atoms with van der Waals surface area (Å²) in [7, 11) is 0. The van der Waals surface area contributed by atoms with Crippen molar-refractivity contribution in [3.63, 3.8) is 0 Å². The normalized spacial score (nSPS) is 25.3. The first-order valence-corrected chi connectivity index (χ1v) is 5.88. The Hall–Kier alpha value is -2.08. The van der Waals surface area contributed by atoms with Gasteiger partial charge in [-0.15, -0.1) is 0 Å². The molecule has 0 amide bonds. The third-order valence-corrected chi connectivity index (χ3v) is 3.68. The van der Waals surface area contributed by atoms with Crippen molar-refractivity contribution in [2.45, 2.75) is 13.8 Å². The Morgan fingerprint density at radius 3 is 2.39 bits per heavy atom. The van der Waals surface area contributed by atoms with E-state index in [1.54, 1.807) is 6.08 Å². The minimum Gasteiger partial charge on any atom is -0.481 e. The van der Waals surface area contributed by atoms with Crippen molar-refractivity contribution in [1.29, 1.82) is 5.26 Å². The minimum absolute atomic E-state index is 0.180. The lowest BCUT2D eigenvalue weighted by Crippen LogP contribution is -2.03. The van der Waals surface area contributed by atoms with Gasteiger partial charge in [-0.3, -0.25) is 4.79 Å². The predicted molar refractivity (Wildman–Crippen MR) is 68.4 cm³/mol. The van der Waals surface area contributed by atoms with Crippen LogP contribution < -0.4 is 0 Å². The number of nitrogens with zero attached hydrogens (tertiary/aromatic N) is 1. The highest BCUT2D eigenvalue weighted by molar-refractivity contribution is 5.78. The summed E-state index contributed by atoms with van der Waals surface area (Å²) in [5.74, 6) is -1.45. The Balaban J connectivity index is 2.30. The number of rotatable bonds is 3. The molecule has 0 aromatic heterocycles. The van der Waals surface area contributed by atoms with Gasteiger partial charge < -0.3 is 5.11 Å². The first-order valence-electron chi connectivity index (χ1n) is 5.88. The molecule has 0 bridgehead atoms. The van der Waals surface area contributed by atoms with E-state index in [1.165, 1.54) is 0 Å². The number of benzene rings is 1. The van der Waals surface area contributed by atoms with E-state index in [0.29, 0.717) is 5.57 Å². The van der Waals surface area contributed by atoms with Crippen LogP contribution in [-0.4, -0.2) is 11.1 Å². The zero-order chi connectivity index (χ0) is 13.3. The maximum Gasteiger partial charge on any atom is 0.307 e. The van der Waals surface area contributed by atoms with Crippen LogP contribution in [0.3, 0.4) is 0 Å². The van der Waals surface area contributed by atoms with E-state index in [9.17, 15) is 10.1 Å². The van der Waals surface area contributed by atoms with Gasteiger partial charge in [0.05, 0.1) is 12.0 Å². The Bertz CT molecular complexity index is 537. The molecule has 1 aliphatic carbocycles. The van der Waals surface area contributed by atoms with E-state index in [4.69, 9.17) is 5.11 Å². The average Bonchev–Trinajstić information content (AvgIpc) is 2.90. The molecule has 18 heavy (non-hydrogen) atoms. The van der Waals surface area contributed by atoms with Crippen molar-refractivity contribution in [2.75, 3.05) is 0 Å². The van der Waals surface area contributed by atoms with Crippen LogP contribution in [0.5, 0.6) is 0 Å². The van der Waals surface area contributed by atoms with Crippen molar-refractivity contribution in [2.24, 2.45) is 17.3 Å². The fourth-order valence-corrected chi connectivity index (χ4v) is 2.60. The summed E-state index contributed by atoms with van der Waals surface area (Å²) in [4.78, 5) is 11.1. The van der Waals surface area contributed by atoms with E-state index < -0.39 is 11.9 Å². The van der Waals surface area contributed by atoms with Gasteiger partial charge in [0, 0.05) is 11.5 Å².